The fourth-order valence-corrected chi connectivity index (χ4v) is 1.70. The Hall–Kier alpha value is -2.23. The van der Waals surface area contributed by atoms with Crippen molar-refractivity contribution in [2.75, 3.05) is 0 Å². The molecule has 0 amide bonds. The Morgan fingerprint density at radius 3 is 2.81 bits per heavy atom. The van der Waals surface area contributed by atoms with E-state index in [9.17, 15) is 4.39 Å². The molecule has 0 N–H and O–H groups in total. The summed E-state index contributed by atoms with van der Waals surface area (Å²) in [6, 6.07) is 10.8. The van der Waals surface area contributed by atoms with Crippen molar-refractivity contribution in [2.45, 2.75) is 0 Å². The molecule has 0 aliphatic rings. The second-order valence-corrected chi connectivity index (χ2v) is 3.45. The van der Waals surface area contributed by atoms with E-state index in [4.69, 9.17) is 0 Å². The molecule has 78 valence electrons. The number of hydrogen-bond acceptors (Lipinski definition) is 2. The third-order valence-corrected chi connectivity index (χ3v) is 2.44. The molecular formula is C12H8FN3. The maximum Gasteiger partial charge on any atom is 0.212 e. The minimum atomic E-state index is -0.476. The molecule has 0 radical (unpaired) electrons. The molecule has 16 heavy (non-hydrogen) atoms. The average Bonchev–Trinajstić information content (AvgIpc) is 2.78. The first-order valence-electron chi connectivity index (χ1n) is 4.89. The molecule has 0 saturated heterocycles. The maximum atomic E-state index is 12.7. The third kappa shape index (κ3) is 1.35. The minimum Gasteiger partial charge on any atom is -0.233 e. The maximum absolute atomic E-state index is 12.7. The lowest BCUT2D eigenvalue weighted by Crippen LogP contribution is -1.93. The van der Waals surface area contributed by atoms with Gasteiger partial charge in [-0.3, -0.25) is 0 Å². The van der Waals surface area contributed by atoms with Gasteiger partial charge in [-0.25, -0.2) is 9.50 Å². The van der Waals surface area contributed by atoms with Crippen molar-refractivity contribution in [2.24, 2.45) is 0 Å². The van der Waals surface area contributed by atoms with Crippen LogP contribution in [0.5, 0.6) is 0 Å². The lowest BCUT2D eigenvalue weighted by atomic mass is 10.2. The zero-order valence-corrected chi connectivity index (χ0v) is 8.34. The van der Waals surface area contributed by atoms with Crippen LogP contribution in [0, 0.1) is 5.95 Å². The van der Waals surface area contributed by atoms with Crippen molar-refractivity contribution in [3.8, 4) is 11.3 Å². The molecule has 0 aliphatic carbocycles. The summed E-state index contributed by atoms with van der Waals surface area (Å²) in [6.45, 7) is 0. The topological polar surface area (TPSA) is 30.2 Å². The van der Waals surface area contributed by atoms with Crippen LogP contribution in [-0.4, -0.2) is 14.6 Å². The molecule has 0 atom stereocenters. The Labute approximate surface area is 91.2 Å². The zero-order chi connectivity index (χ0) is 11.0. The quantitative estimate of drug-likeness (QED) is 0.581. The van der Waals surface area contributed by atoms with Crippen LogP contribution in [0.2, 0.25) is 0 Å². The number of fused-ring (bicyclic) bond motifs is 1. The van der Waals surface area contributed by atoms with Gasteiger partial charge in [-0.05, 0) is 30.3 Å². The summed E-state index contributed by atoms with van der Waals surface area (Å²) in [7, 11) is 0. The molecule has 0 fully saturated rings. The SMILES string of the molecule is Fc1ccc(-c2cccc3ccnn23)cn1. The summed E-state index contributed by atoms with van der Waals surface area (Å²) in [5.41, 5.74) is 2.74. The molecule has 3 nitrogen and oxygen atoms in total. The first-order valence-corrected chi connectivity index (χ1v) is 4.89. The predicted molar refractivity (Wildman–Crippen MR) is 58.4 cm³/mol. The summed E-state index contributed by atoms with van der Waals surface area (Å²) >= 11 is 0. The van der Waals surface area contributed by atoms with Gasteiger partial charge in [-0.15, -0.1) is 0 Å². The van der Waals surface area contributed by atoms with Gasteiger partial charge in [0.15, 0.2) is 0 Å². The van der Waals surface area contributed by atoms with Crippen LogP contribution < -0.4 is 0 Å². The molecule has 0 unspecified atom stereocenters. The molecule has 0 saturated carbocycles. The van der Waals surface area contributed by atoms with Crippen LogP contribution in [0.3, 0.4) is 0 Å². The van der Waals surface area contributed by atoms with Crippen LogP contribution in [-0.2, 0) is 0 Å². The van der Waals surface area contributed by atoms with Gasteiger partial charge >= 0.3 is 0 Å². The van der Waals surface area contributed by atoms with Gasteiger partial charge in [0.1, 0.15) is 0 Å². The van der Waals surface area contributed by atoms with E-state index in [-0.39, 0.29) is 0 Å². The smallest absolute Gasteiger partial charge is 0.212 e. The van der Waals surface area contributed by atoms with Gasteiger partial charge in [0.25, 0.3) is 0 Å². The van der Waals surface area contributed by atoms with Gasteiger partial charge in [0.2, 0.25) is 5.95 Å². The van der Waals surface area contributed by atoms with E-state index in [0.717, 1.165) is 16.8 Å². The van der Waals surface area contributed by atoms with Crippen LogP contribution in [0.15, 0.2) is 48.8 Å². The van der Waals surface area contributed by atoms with E-state index < -0.39 is 5.95 Å². The van der Waals surface area contributed by atoms with Crippen molar-refractivity contribution in [3.05, 3.63) is 54.7 Å². The van der Waals surface area contributed by atoms with Crippen molar-refractivity contribution in [1.29, 1.82) is 0 Å². The number of halogens is 1. The number of aromatic nitrogens is 3. The molecule has 0 aliphatic heterocycles. The normalized spacial score (nSPS) is 10.8. The van der Waals surface area contributed by atoms with Crippen LogP contribution in [0.4, 0.5) is 4.39 Å². The molecule has 3 aromatic rings. The predicted octanol–water partition coefficient (Wildman–Crippen LogP) is 2.54. The third-order valence-electron chi connectivity index (χ3n) is 2.44. The first-order chi connectivity index (χ1) is 7.84. The second kappa shape index (κ2) is 3.41. The summed E-state index contributed by atoms with van der Waals surface area (Å²) in [4.78, 5) is 3.64. The fourth-order valence-electron chi connectivity index (χ4n) is 1.70. The molecular weight excluding hydrogens is 205 g/mol. The van der Waals surface area contributed by atoms with Crippen molar-refractivity contribution in [1.82, 2.24) is 14.6 Å². The van der Waals surface area contributed by atoms with Crippen LogP contribution in [0.25, 0.3) is 16.8 Å². The van der Waals surface area contributed by atoms with E-state index in [1.54, 1.807) is 16.8 Å². The van der Waals surface area contributed by atoms with Crippen molar-refractivity contribution >= 4 is 5.52 Å². The fraction of sp³-hybridized carbons (Fsp3) is 0. The monoisotopic (exact) mass is 213 g/mol. The Kier molecular flexibility index (Phi) is 1.93. The van der Waals surface area contributed by atoms with Crippen molar-refractivity contribution < 1.29 is 4.39 Å². The van der Waals surface area contributed by atoms with Crippen LogP contribution >= 0.6 is 0 Å². The van der Waals surface area contributed by atoms with Gasteiger partial charge in [-0.1, -0.05) is 6.07 Å². The Bertz CT molecular complexity index is 628. The van der Waals surface area contributed by atoms with E-state index in [1.165, 1.54) is 12.3 Å². The van der Waals surface area contributed by atoms with Crippen molar-refractivity contribution in [3.63, 3.8) is 0 Å². The number of pyridine rings is 2. The minimum absolute atomic E-state index is 0.476. The standard InChI is InChI=1S/C12H8FN3/c13-12-5-4-9(8-14-12)11-3-1-2-10-6-7-15-16(10)11/h1-8H. The molecule has 0 spiro atoms. The van der Waals surface area contributed by atoms with Gasteiger partial charge < -0.3 is 0 Å². The Morgan fingerprint density at radius 1 is 1.06 bits per heavy atom. The summed E-state index contributed by atoms with van der Waals surface area (Å²) in [6.07, 6.45) is 3.24. The Morgan fingerprint density at radius 2 is 2.00 bits per heavy atom. The van der Waals surface area contributed by atoms with Gasteiger partial charge in [-0.2, -0.15) is 9.49 Å². The first kappa shape index (κ1) is 9.03. The summed E-state index contributed by atoms with van der Waals surface area (Å²) in [5, 5.41) is 4.21. The lowest BCUT2D eigenvalue weighted by molar-refractivity contribution is 0.584. The Balaban J connectivity index is 2.25. The van der Waals surface area contributed by atoms with E-state index in [1.807, 2.05) is 24.3 Å². The largest absolute Gasteiger partial charge is 0.233 e. The highest BCUT2D eigenvalue weighted by atomic mass is 19.1. The lowest BCUT2D eigenvalue weighted by Gasteiger charge is -2.03. The summed E-state index contributed by atoms with van der Waals surface area (Å²) < 4.78 is 14.5. The van der Waals surface area contributed by atoms with E-state index >= 15 is 0 Å². The molecule has 3 aromatic heterocycles. The van der Waals surface area contributed by atoms with Gasteiger partial charge in [0.05, 0.1) is 17.4 Å². The number of rotatable bonds is 1. The highest BCUT2D eigenvalue weighted by molar-refractivity contribution is 5.63. The molecule has 3 heterocycles. The summed E-state index contributed by atoms with van der Waals surface area (Å²) in [5.74, 6) is -0.476. The zero-order valence-electron chi connectivity index (χ0n) is 8.34. The van der Waals surface area contributed by atoms with Gasteiger partial charge in [0, 0.05) is 11.8 Å². The average molecular weight is 213 g/mol. The van der Waals surface area contributed by atoms with E-state index in [0.29, 0.717) is 0 Å². The number of nitrogens with zero attached hydrogens (tertiary/aromatic N) is 3. The number of hydrogen-bond donors (Lipinski definition) is 0. The molecule has 0 aromatic carbocycles. The molecule has 4 heteroatoms. The van der Waals surface area contributed by atoms with E-state index in [2.05, 4.69) is 10.1 Å². The molecule has 3 rings (SSSR count). The molecule has 0 bridgehead atoms. The highest BCUT2D eigenvalue weighted by Gasteiger charge is 2.04. The van der Waals surface area contributed by atoms with Crippen LogP contribution in [0.1, 0.15) is 0 Å². The highest BCUT2D eigenvalue weighted by Crippen LogP contribution is 2.19. The second-order valence-electron chi connectivity index (χ2n) is 3.45.